The van der Waals surface area contributed by atoms with E-state index in [1.807, 2.05) is 1.09 Å². The quantitative estimate of drug-likeness (QED) is 0.681. The van der Waals surface area contributed by atoms with Gasteiger partial charge in [-0.1, -0.05) is 0 Å². The van der Waals surface area contributed by atoms with Crippen molar-refractivity contribution in [2.75, 3.05) is 0 Å². The van der Waals surface area contributed by atoms with Crippen molar-refractivity contribution in [1.29, 1.82) is 0 Å². The van der Waals surface area contributed by atoms with Crippen LogP contribution in [0.25, 0.3) is 0 Å². The molecule has 0 aliphatic heterocycles. The molecule has 0 amide bonds. The Morgan fingerprint density at radius 3 is 1.80 bits per heavy atom. The Labute approximate surface area is 116 Å². The van der Waals surface area contributed by atoms with Gasteiger partial charge in [-0.15, -0.1) is 0 Å². The second-order valence-electron chi connectivity index (χ2n) is 4.35. The molecule has 2 aliphatic carbocycles. The summed E-state index contributed by atoms with van der Waals surface area (Å²) in [7, 11) is 0. The van der Waals surface area contributed by atoms with Gasteiger partial charge in [0.05, 0.1) is 0 Å². The Balaban J connectivity index is 2.10. The van der Waals surface area contributed by atoms with Gasteiger partial charge in [-0.3, -0.25) is 0 Å². The average molecular weight is 274 g/mol. The Kier molecular flexibility index (Phi) is 4.51. The van der Waals surface area contributed by atoms with Crippen LogP contribution in [0.3, 0.4) is 0 Å². The predicted molar refractivity (Wildman–Crippen MR) is 67.9 cm³/mol. The van der Waals surface area contributed by atoms with Crippen LogP contribution in [-0.4, -0.2) is 41.0 Å². The molecule has 0 nitrogen and oxygen atoms in total. The molecule has 0 aromatic rings. The van der Waals surface area contributed by atoms with E-state index in [9.17, 15) is 0 Å². The van der Waals surface area contributed by atoms with Crippen molar-refractivity contribution in [2.24, 2.45) is 0 Å². The number of hydrogen-bond acceptors (Lipinski definition) is 0. The monoisotopic (exact) mass is 274 g/mol. The van der Waals surface area contributed by atoms with Gasteiger partial charge in [-0.2, -0.15) is 0 Å². The normalized spacial score (nSPS) is 19.3. The van der Waals surface area contributed by atoms with E-state index in [1.165, 1.54) is 25.7 Å². The third-order valence-corrected chi connectivity index (χ3v) is 9.21. The first kappa shape index (κ1) is 11.9. The van der Waals surface area contributed by atoms with Gasteiger partial charge in [-0.25, -0.2) is 0 Å². The van der Waals surface area contributed by atoms with Crippen LogP contribution in [0, 0.1) is 0 Å². The van der Waals surface area contributed by atoms with Gasteiger partial charge in [0.25, 0.3) is 0 Å². The molecule has 0 fully saturated rings. The van der Waals surface area contributed by atoms with E-state index in [-0.39, 0.29) is 0 Å². The molecular weight excluding hydrogens is 256 g/mol. The van der Waals surface area contributed by atoms with Crippen LogP contribution < -0.4 is 0 Å². The van der Waals surface area contributed by atoms with Crippen LogP contribution in [0.4, 0.5) is 0 Å². The third kappa shape index (κ3) is 2.76. The van der Waals surface area contributed by atoms with Crippen molar-refractivity contribution < 1.29 is 0 Å². The Bertz CT molecular complexity index is 331. The molecule has 0 saturated heterocycles. The van der Waals surface area contributed by atoms with E-state index in [0.717, 1.165) is 0 Å². The minimum absolute atomic E-state index is 0.801. The fraction of sp³-hybridized carbons (Fsp3) is 0.429. The number of hydrogen-bond donors (Lipinski definition) is 0. The zero-order chi connectivity index (χ0) is 10.7. The standard InChI is InChI=1S/2C7H9.Sr/c2*1-2-7-5-3-4-6-7;/h2*3,5H,2,4H2,1H3;. The number of allylic oxidation sites excluding steroid dienone is 8. The maximum atomic E-state index is 2.36. The first-order valence-corrected chi connectivity index (χ1v) is 9.57. The zero-order valence-electron chi connectivity index (χ0n) is 9.84. The summed E-state index contributed by atoms with van der Waals surface area (Å²) in [6.07, 6.45) is 14.5. The average Bonchev–Trinajstić information content (AvgIpc) is 2.87. The van der Waals surface area contributed by atoms with Crippen LogP contribution in [0.15, 0.2) is 36.5 Å². The van der Waals surface area contributed by atoms with Crippen molar-refractivity contribution in [3.05, 3.63) is 36.5 Å². The Morgan fingerprint density at radius 2 is 1.40 bits per heavy atom. The van der Waals surface area contributed by atoms with Gasteiger partial charge in [0.2, 0.25) is 0 Å². The van der Waals surface area contributed by atoms with Crippen LogP contribution >= 0.6 is 0 Å². The summed E-state index contributed by atoms with van der Waals surface area (Å²) in [6, 6.07) is 0. The van der Waals surface area contributed by atoms with Gasteiger partial charge in [-0.05, 0) is 0 Å². The molecule has 0 spiro atoms. The summed E-state index contributed by atoms with van der Waals surface area (Å²) in [5.41, 5.74) is 3.33. The summed E-state index contributed by atoms with van der Waals surface area (Å²) in [5, 5.41) is 0. The van der Waals surface area contributed by atoms with Gasteiger partial charge < -0.3 is 0 Å². The maximum absolute atomic E-state index is 2.36. The van der Waals surface area contributed by atoms with Gasteiger partial charge in [0.1, 0.15) is 0 Å². The molecule has 0 unspecified atom stereocenters. The molecule has 76 valence electrons. The van der Waals surface area contributed by atoms with Gasteiger partial charge >= 0.3 is 117 Å². The molecular formula is C14H18Sr. The van der Waals surface area contributed by atoms with E-state index in [1.54, 1.807) is 11.1 Å². The van der Waals surface area contributed by atoms with Crippen LogP contribution in [0.2, 0.25) is 0 Å². The Morgan fingerprint density at radius 1 is 0.933 bits per heavy atom. The van der Waals surface area contributed by atoms with Gasteiger partial charge in [0.15, 0.2) is 0 Å². The van der Waals surface area contributed by atoms with Crippen molar-refractivity contribution in [3.8, 4) is 0 Å². The molecule has 0 heterocycles. The molecule has 0 radical (unpaired) electrons. The van der Waals surface area contributed by atoms with E-state index < -0.39 is 41.0 Å². The summed E-state index contributed by atoms with van der Waals surface area (Å²) in [4.78, 5) is 0. The number of rotatable bonds is 4. The predicted octanol–water partition coefficient (Wildman–Crippen LogP) is 3.94. The zero-order valence-corrected chi connectivity index (χ0v) is 13.3. The molecule has 2 aliphatic rings. The van der Waals surface area contributed by atoms with Crippen molar-refractivity contribution in [3.63, 3.8) is 0 Å². The van der Waals surface area contributed by atoms with E-state index in [0.29, 0.717) is 0 Å². The summed E-state index contributed by atoms with van der Waals surface area (Å²) in [6.45, 7) is 4.58. The molecule has 0 bridgehead atoms. The van der Waals surface area contributed by atoms with Crippen molar-refractivity contribution >= 4 is 41.0 Å². The molecule has 0 aromatic carbocycles. The summed E-state index contributed by atoms with van der Waals surface area (Å²) < 4.78 is 3.73. The van der Waals surface area contributed by atoms with E-state index >= 15 is 0 Å². The fourth-order valence-corrected chi connectivity index (χ4v) is 8.27. The molecule has 15 heavy (non-hydrogen) atoms. The fourth-order valence-electron chi connectivity index (χ4n) is 2.55. The minimum atomic E-state index is -0.801. The molecule has 2 rings (SSSR count). The SMILES string of the molecule is CCC1=[C]([Sr][C]2=C(CC)C=CC2)CC=C1. The Hall–Kier alpha value is 0.441. The summed E-state index contributed by atoms with van der Waals surface area (Å²) in [5.74, 6) is 0. The topological polar surface area (TPSA) is 0 Å². The molecule has 0 atom stereocenters. The molecule has 0 saturated carbocycles. The summed E-state index contributed by atoms with van der Waals surface area (Å²) >= 11 is -0.801. The molecule has 0 N–H and O–H groups in total. The van der Waals surface area contributed by atoms with Crippen LogP contribution in [0.5, 0.6) is 0 Å². The molecule has 1 heteroatoms. The van der Waals surface area contributed by atoms with E-state index in [2.05, 4.69) is 38.2 Å². The van der Waals surface area contributed by atoms with Crippen molar-refractivity contribution in [1.82, 2.24) is 0 Å². The van der Waals surface area contributed by atoms with Gasteiger partial charge in [0, 0.05) is 0 Å². The van der Waals surface area contributed by atoms with Crippen LogP contribution in [-0.2, 0) is 0 Å². The second-order valence-corrected chi connectivity index (χ2v) is 9.42. The second kappa shape index (κ2) is 5.67. The van der Waals surface area contributed by atoms with E-state index in [4.69, 9.17) is 0 Å². The van der Waals surface area contributed by atoms with Crippen LogP contribution in [0.1, 0.15) is 39.5 Å². The third-order valence-electron chi connectivity index (χ3n) is 3.46. The molecule has 0 aromatic heterocycles. The first-order valence-electron chi connectivity index (χ1n) is 6.10. The van der Waals surface area contributed by atoms with Crippen molar-refractivity contribution in [2.45, 2.75) is 39.5 Å². The first-order chi connectivity index (χ1) is 7.35.